The first-order valence-corrected chi connectivity index (χ1v) is 12.1. The van der Waals surface area contributed by atoms with Crippen LogP contribution in [0.2, 0.25) is 5.02 Å². The molecular weight excluding hydrogens is 432 g/mol. The zero-order valence-electron chi connectivity index (χ0n) is 17.7. The van der Waals surface area contributed by atoms with Gasteiger partial charge in [0.15, 0.2) is 0 Å². The quantitative estimate of drug-likeness (QED) is 0.515. The molecule has 3 rings (SSSR count). The Morgan fingerprint density at radius 2 is 1.65 bits per heavy atom. The number of carbonyl (C=O) groups is 1. The molecular formula is C24H25ClN2O3S. The van der Waals surface area contributed by atoms with Crippen molar-refractivity contribution in [3.63, 3.8) is 0 Å². The molecule has 0 spiro atoms. The van der Waals surface area contributed by atoms with Gasteiger partial charge in [-0.3, -0.25) is 9.10 Å². The molecule has 0 atom stereocenters. The van der Waals surface area contributed by atoms with Crippen LogP contribution in [-0.4, -0.2) is 20.6 Å². The SMILES string of the molecule is CCc1cccc(C)c1NC(=O)c1ccc(N(Cc2ccc(Cl)cc2)S(C)(=O)=O)cc1. The molecule has 0 aliphatic heterocycles. The zero-order valence-corrected chi connectivity index (χ0v) is 19.3. The van der Waals surface area contributed by atoms with Gasteiger partial charge >= 0.3 is 0 Å². The first-order chi connectivity index (χ1) is 14.7. The second-order valence-corrected chi connectivity index (χ2v) is 9.70. The van der Waals surface area contributed by atoms with E-state index in [2.05, 4.69) is 5.32 Å². The maximum absolute atomic E-state index is 12.8. The number of rotatable bonds is 7. The van der Waals surface area contributed by atoms with E-state index in [1.54, 1.807) is 48.5 Å². The van der Waals surface area contributed by atoms with Gasteiger partial charge in [0.2, 0.25) is 10.0 Å². The number of aryl methyl sites for hydroxylation is 2. The number of hydrogen-bond acceptors (Lipinski definition) is 3. The number of para-hydroxylation sites is 1. The van der Waals surface area contributed by atoms with E-state index in [1.807, 2.05) is 32.0 Å². The van der Waals surface area contributed by atoms with Gasteiger partial charge in [-0.25, -0.2) is 8.42 Å². The highest BCUT2D eigenvalue weighted by Gasteiger charge is 2.19. The molecule has 0 heterocycles. The van der Waals surface area contributed by atoms with E-state index in [-0.39, 0.29) is 12.5 Å². The molecule has 0 aliphatic rings. The van der Waals surface area contributed by atoms with Crippen molar-refractivity contribution in [2.24, 2.45) is 0 Å². The Labute approximate surface area is 188 Å². The van der Waals surface area contributed by atoms with Crippen molar-refractivity contribution < 1.29 is 13.2 Å². The van der Waals surface area contributed by atoms with E-state index in [1.165, 1.54) is 4.31 Å². The molecule has 162 valence electrons. The van der Waals surface area contributed by atoms with E-state index < -0.39 is 10.0 Å². The summed E-state index contributed by atoms with van der Waals surface area (Å²) in [6, 6.07) is 19.5. The Balaban J connectivity index is 1.83. The first kappa shape index (κ1) is 22.8. The van der Waals surface area contributed by atoms with Crippen LogP contribution in [0.1, 0.15) is 34.0 Å². The predicted molar refractivity (Wildman–Crippen MR) is 127 cm³/mol. The van der Waals surface area contributed by atoms with Gasteiger partial charge in [0, 0.05) is 16.3 Å². The fraction of sp³-hybridized carbons (Fsp3) is 0.208. The van der Waals surface area contributed by atoms with Gasteiger partial charge in [0.05, 0.1) is 18.5 Å². The number of halogens is 1. The molecule has 0 bridgehead atoms. The van der Waals surface area contributed by atoms with Crippen molar-refractivity contribution in [1.82, 2.24) is 0 Å². The largest absolute Gasteiger partial charge is 0.321 e. The van der Waals surface area contributed by atoms with Gasteiger partial charge in [-0.1, -0.05) is 48.9 Å². The molecule has 0 unspecified atom stereocenters. The van der Waals surface area contributed by atoms with Crippen LogP contribution < -0.4 is 9.62 Å². The standard InChI is InChI=1S/C24H25ClN2O3S/c1-4-19-7-5-6-17(2)23(19)26-24(28)20-10-14-22(15-11-20)27(31(3,29)30)16-18-8-12-21(25)13-9-18/h5-15H,4,16H2,1-3H3,(H,26,28). The van der Waals surface area contributed by atoms with Crippen molar-refractivity contribution >= 4 is 38.9 Å². The van der Waals surface area contributed by atoms with E-state index in [0.717, 1.165) is 35.1 Å². The topological polar surface area (TPSA) is 66.5 Å². The highest BCUT2D eigenvalue weighted by atomic mass is 35.5. The van der Waals surface area contributed by atoms with Crippen molar-refractivity contribution in [1.29, 1.82) is 0 Å². The van der Waals surface area contributed by atoms with Crippen LogP contribution >= 0.6 is 11.6 Å². The first-order valence-electron chi connectivity index (χ1n) is 9.91. The van der Waals surface area contributed by atoms with Crippen LogP contribution in [0.4, 0.5) is 11.4 Å². The summed E-state index contributed by atoms with van der Waals surface area (Å²) < 4.78 is 26.1. The summed E-state index contributed by atoms with van der Waals surface area (Å²) in [7, 11) is -3.52. The van der Waals surface area contributed by atoms with Crippen molar-refractivity contribution in [2.75, 3.05) is 15.9 Å². The molecule has 3 aromatic carbocycles. The number of amides is 1. The number of nitrogens with zero attached hydrogens (tertiary/aromatic N) is 1. The zero-order chi connectivity index (χ0) is 22.6. The second-order valence-electron chi connectivity index (χ2n) is 7.36. The molecule has 0 saturated heterocycles. The number of anilines is 2. The number of nitrogens with one attached hydrogen (secondary N) is 1. The van der Waals surface area contributed by atoms with Gasteiger partial charge < -0.3 is 5.32 Å². The van der Waals surface area contributed by atoms with Crippen LogP contribution in [0.3, 0.4) is 0 Å². The van der Waals surface area contributed by atoms with E-state index in [4.69, 9.17) is 11.6 Å². The van der Waals surface area contributed by atoms with Crippen LogP contribution in [0.25, 0.3) is 0 Å². The van der Waals surface area contributed by atoms with Gasteiger partial charge in [-0.2, -0.15) is 0 Å². The molecule has 0 fully saturated rings. The normalized spacial score (nSPS) is 11.2. The summed E-state index contributed by atoms with van der Waals surface area (Å²) >= 11 is 5.92. The van der Waals surface area contributed by atoms with Crippen molar-refractivity contribution in [2.45, 2.75) is 26.8 Å². The summed E-state index contributed by atoms with van der Waals surface area (Å²) in [5.74, 6) is -0.237. The monoisotopic (exact) mass is 456 g/mol. The van der Waals surface area contributed by atoms with Crippen LogP contribution in [-0.2, 0) is 23.0 Å². The minimum atomic E-state index is -3.52. The highest BCUT2D eigenvalue weighted by Crippen LogP contribution is 2.24. The number of hydrogen-bond donors (Lipinski definition) is 1. The molecule has 0 aliphatic carbocycles. The maximum Gasteiger partial charge on any atom is 0.255 e. The minimum absolute atomic E-state index is 0.171. The minimum Gasteiger partial charge on any atom is -0.321 e. The Hall–Kier alpha value is -2.83. The molecule has 3 aromatic rings. The molecule has 1 N–H and O–H groups in total. The third-order valence-electron chi connectivity index (χ3n) is 5.04. The Kier molecular flexibility index (Phi) is 7.03. The summed E-state index contributed by atoms with van der Waals surface area (Å²) in [5.41, 5.74) is 4.63. The lowest BCUT2D eigenvalue weighted by Crippen LogP contribution is -2.29. The second kappa shape index (κ2) is 9.54. The molecule has 0 aromatic heterocycles. The summed E-state index contributed by atoms with van der Waals surface area (Å²) in [6.45, 7) is 4.17. The Morgan fingerprint density at radius 1 is 1.00 bits per heavy atom. The van der Waals surface area contributed by atoms with Gasteiger partial charge in [0.25, 0.3) is 5.91 Å². The fourth-order valence-corrected chi connectivity index (χ4v) is 4.34. The third kappa shape index (κ3) is 5.66. The molecule has 7 heteroatoms. The lowest BCUT2D eigenvalue weighted by molar-refractivity contribution is 0.102. The smallest absolute Gasteiger partial charge is 0.255 e. The van der Waals surface area contributed by atoms with E-state index >= 15 is 0 Å². The number of benzene rings is 3. The number of carbonyl (C=O) groups excluding carboxylic acids is 1. The average molecular weight is 457 g/mol. The van der Waals surface area contributed by atoms with Crippen molar-refractivity contribution in [3.8, 4) is 0 Å². The van der Waals surface area contributed by atoms with E-state index in [0.29, 0.717) is 16.3 Å². The van der Waals surface area contributed by atoms with Gasteiger partial charge in [0.1, 0.15) is 0 Å². The highest BCUT2D eigenvalue weighted by molar-refractivity contribution is 7.92. The lowest BCUT2D eigenvalue weighted by atomic mass is 10.1. The average Bonchev–Trinajstić information content (AvgIpc) is 2.74. The Bertz CT molecular complexity index is 1170. The number of sulfonamides is 1. The van der Waals surface area contributed by atoms with Crippen molar-refractivity contribution in [3.05, 3.63) is 94.0 Å². The molecule has 31 heavy (non-hydrogen) atoms. The van der Waals surface area contributed by atoms with Crippen LogP contribution in [0.5, 0.6) is 0 Å². The summed E-state index contributed by atoms with van der Waals surface area (Å²) in [5, 5.41) is 3.57. The predicted octanol–water partition coefficient (Wildman–Crippen LogP) is 5.43. The molecule has 0 radical (unpaired) electrons. The van der Waals surface area contributed by atoms with Crippen LogP contribution in [0, 0.1) is 6.92 Å². The summed E-state index contributed by atoms with van der Waals surface area (Å²) in [6.07, 6.45) is 1.97. The van der Waals surface area contributed by atoms with Gasteiger partial charge in [-0.15, -0.1) is 0 Å². The Morgan fingerprint density at radius 3 is 2.23 bits per heavy atom. The molecule has 1 amide bonds. The third-order valence-corrected chi connectivity index (χ3v) is 6.43. The lowest BCUT2D eigenvalue weighted by Gasteiger charge is -2.23. The summed E-state index contributed by atoms with van der Waals surface area (Å²) in [4.78, 5) is 12.8. The molecule has 5 nitrogen and oxygen atoms in total. The molecule has 0 saturated carbocycles. The fourth-order valence-electron chi connectivity index (χ4n) is 3.32. The maximum atomic E-state index is 12.8. The van der Waals surface area contributed by atoms with Gasteiger partial charge in [-0.05, 0) is 66.4 Å². The van der Waals surface area contributed by atoms with E-state index in [9.17, 15) is 13.2 Å². The van der Waals surface area contributed by atoms with Crippen LogP contribution in [0.15, 0.2) is 66.7 Å².